The Hall–Kier alpha value is -2.44. The predicted molar refractivity (Wildman–Crippen MR) is 99.4 cm³/mol. The quantitative estimate of drug-likeness (QED) is 0.799. The maximum atomic E-state index is 12.9. The van der Waals surface area contributed by atoms with E-state index in [1.165, 1.54) is 16.2 Å². The normalized spacial score (nSPS) is 15.9. The van der Waals surface area contributed by atoms with Crippen LogP contribution in [0.25, 0.3) is 6.08 Å². The number of hydrogen-bond acceptors (Lipinski definition) is 3. The number of likely N-dealkylation sites (N-methyl/N-ethyl adjacent to an activating group) is 1. The zero-order chi connectivity index (χ0) is 17.6. The van der Waals surface area contributed by atoms with Crippen LogP contribution in [-0.4, -0.2) is 49.9 Å². The van der Waals surface area contributed by atoms with Gasteiger partial charge in [-0.2, -0.15) is 0 Å². The predicted octanol–water partition coefficient (Wildman–Crippen LogP) is 0.876. The van der Waals surface area contributed by atoms with Crippen molar-refractivity contribution in [2.24, 2.45) is 0 Å². The van der Waals surface area contributed by atoms with E-state index in [2.05, 4.69) is 12.4 Å². The van der Waals surface area contributed by atoms with Gasteiger partial charge in [-0.1, -0.05) is 24.3 Å². The zero-order valence-corrected chi connectivity index (χ0v) is 15.0. The lowest BCUT2D eigenvalue weighted by molar-refractivity contribution is -0.883. The van der Waals surface area contributed by atoms with E-state index in [-0.39, 0.29) is 11.8 Å². The van der Waals surface area contributed by atoms with E-state index in [1.807, 2.05) is 40.6 Å². The summed E-state index contributed by atoms with van der Waals surface area (Å²) in [5.74, 6) is -0.387. The summed E-state index contributed by atoms with van der Waals surface area (Å²) in [5, 5.41) is 4.76. The number of quaternary nitrogens is 1. The molecule has 2 N–H and O–H groups in total. The topological polar surface area (TPSA) is 53.9 Å². The van der Waals surface area contributed by atoms with Crippen LogP contribution in [0.5, 0.6) is 0 Å². The van der Waals surface area contributed by atoms with Crippen LogP contribution in [0.1, 0.15) is 15.2 Å². The molecule has 1 saturated heterocycles. The van der Waals surface area contributed by atoms with Crippen LogP contribution >= 0.6 is 11.3 Å². The first-order valence-electron chi connectivity index (χ1n) is 8.35. The molecule has 1 fully saturated rings. The van der Waals surface area contributed by atoms with E-state index in [1.54, 1.807) is 18.2 Å². The maximum absolute atomic E-state index is 12.9. The molecule has 0 unspecified atom stereocenters. The molecule has 2 amide bonds. The molecule has 0 atom stereocenters. The average Bonchev–Trinajstić information content (AvgIpc) is 3.15. The number of hydrogen-bond donors (Lipinski definition) is 2. The van der Waals surface area contributed by atoms with Gasteiger partial charge in [-0.25, -0.2) is 0 Å². The highest BCUT2D eigenvalue weighted by Crippen LogP contribution is 2.14. The summed E-state index contributed by atoms with van der Waals surface area (Å²) in [7, 11) is 2.13. The maximum Gasteiger partial charge on any atom is 0.270 e. The molecule has 0 bridgehead atoms. The van der Waals surface area contributed by atoms with Crippen LogP contribution in [0.4, 0.5) is 0 Å². The van der Waals surface area contributed by atoms with Crippen molar-refractivity contribution < 1.29 is 14.5 Å². The first kappa shape index (κ1) is 17.4. The molecule has 25 heavy (non-hydrogen) atoms. The van der Waals surface area contributed by atoms with Gasteiger partial charge in [0.15, 0.2) is 0 Å². The third-order valence-electron chi connectivity index (χ3n) is 4.25. The van der Waals surface area contributed by atoms with Crippen LogP contribution in [0.15, 0.2) is 53.5 Å². The summed E-state index contributed by atoms with van der Waals surface area (Å²) in [6.45, 7) is 3.25. The lowest BCUT2D eigenvalue weighted by Crippen LogP contribution is -3.12. The van der Waals surface area contributed by atoms with Gasteiger partial charge in [-0.15, -0.1) is 11.3 Å². The molecular formula is C19H22N3O2S+. The van der Waals surface area contributed by atoms with Crippen LogP contribution in [-0.2, 0) is 4.79 Å². The molecule has 0 saturated carbocycles. The van der Waals surface area contributed by atoms with Crippen LogP contribution in [0, 0.1) is 0 Å². The highest BCUT2D eigenvalue weighted by molar-refractivity contribution is 7.10. The lowest BCUT2D eigenvalue weighted by atomic mass is 10.2. The zero-order valence-electron chi connectivity index (χ0n) is 14.2. The molecular weight excluding hydrogens is 334 g/mol. The van der Waals surface area contributed by atoms with E-state index >= 15 is 0 Å². The van der Waals surface area contributed by atoms with Gasteiger partial charge in [-0.05, 0) is 29.7 Å². The Kier molecular flexibility index (Phi) is 5.63. The van der Waals surface area contributed by atoms with E-state index in [4.69, 9.17) is 0 Å². The molecule has 1 aliphatic rings. The average molecular weight is 356 g/mol. The number of thiophene rings is 1. The number of benzene rings is 1. The molecule has 0 aliphatic carbocycles. The standard InChI is InChI=1S/C19H21N3O2S/c1-21-9-11-22(12-10-21)19(24)17(14-16-8-5-13-25-16)20-18(23)15-6-3-2-4-7-15/h2-8,13-14H,9-12H2,1H3,(H,20,23)/p+1/b17-14+. The molecule has 0 radical (unpaired) electrons. The lowest BCUT2D eigenvalue weighted by Gasteiger charge is -2.30. The molecule has 3 rings (SSSR count). The second-order valence-corrected chi connectivity index (χ2v) is 7.12. The van der Waals surface area contributed by atoms with Crippen molar-refractivity contribution in [1.82, 2.24) is 10.2 Å². The number of carbonyl (C=O) groups is 2. The molecule has 130 valence electrons. The smallest absolute Gasteiger partial charge is 0.270 e. The van der Waals surface area contributed by atoms with Crippen LogP contribution in [0.3, 0.4) is 0 Å². The van der Waals surface area contributed by atoms with Crippen molar-refractivity contribution in [3.63, 3.8) is 0 Å². The number of rotatable bonds is 4. The minimum Gasteiger partial charge on any atom is -0.334 e. The molecule has 1 aliphatic heterocycles. The van der Waals surface area contributed by atoms with Gasteiger partial charge in [0.05, 0.1) is 33.2 Å². The van der Waals surface area contributed by atoms with Crippen molar-refractivity contribution in [2.45, 2.75) is 0 Å². The monoisotopic (exact) mass is 356 g/mol. The van der Waals surface area contributed by atoms with Gasteiger partial charge in [-0.3, -0.25) is 9.59 Å². The summed E-state index contributed by atoms with van der Waals surface area (Å²) >= 11 is 1.54. The first-order valence-corrected chi connectivity index (χ1v) is 9.23. The number of amides is 2. The summed E-state index contributed by atoms with van der Waals surface area (Å²) < 4.78 is 0. The van der Waals surface area contributed by atoms with E-state index in [0.717, 1.165) is 18.0 Å². The summed E-state index contributed by atoms with van der Waals surface area (Å²) in [5.41, 5.74) is 0.867. The highest BCUT2D eigenvalue weighted by atomic mass is 32.1. The van der Waals surface area contributed by atoms with Gasteiger partial charge >= 0.3 is 0 Å². The molecule has 0 spiro atoms. The van der Waals surface area contributed by atoms with Gasteiger partial charge in [0.1, 0.15) is 5.70 Å². The Bertz CT molecular complexity index is 748. The van der Waals surface area contributed by atoms with Crippen molar-refractivity contribution in [3.05, 3.63) is 64.0 Å². The van der Waals surface area contributed by atoms with Crippen LogP contribution < -0.4 is 10.2 Å². The Balaban J connectivity index is 1.80. The Morgan fingerprint density at radius 2 is 1.84 bits per heavy atom. The van der Waals surface area contributed by atoms with Crippen molar-refractivity contribution in [1.29, 1.82) is 0 Å². The fraction of sp³-hybridized carbons (Fsp3) is 0.263. The third kappa shape index (κ3) is 4.55. The van der Waals surface area contributed by atoms with Crippen molar-refractivity contribution in [3.8, 4) is 0 Å². The molecule has 2 aromatic rings. The fourth-order valence-electron chi connectivity index (χ4n) is 2.71. The van der Waals surface area contributed by atoms with Gasteiger partial charge in [0, 0.05) is 10.4 Å². The summed E-state index contributed by atoms with van der Waals surface area (Å²) in [4.78, 5) is 29.6. The largest absolute Gasteiger partial charge is 0.334 e. The fourth-order valence-corrected chi connectivity index (χ4v) is 3.37. The van der Waals surface area contributed by atoms with Crippen LogP contribution in [0.2, 0.25) is 0 Å². The summed E-state index contributed by atoms with van der Waals surface area (Å²) in [6.07, 6.45) is 1.76. The van der Waals surface area contributed by atoms with E-state index in [9.17, 15) is 9.59 Å². The second-order valence-electron chi connectivity index (χ2n) is 6.14. The minimum absolute atomic E-state index is 0.120. The number of nitrogens with zero attached hydrogens (tertiary/aromatic N) is 1. The number of piperazine rings is 1. The summed E-state index contributed by atoms with van der Waals surface area (Å²) in [6, 6.07) is 12.8. The number of nitrogens with one attached hydrogen (secondary N) is 2. The molecule has 5 nitrogen and oxygen atoms in total. The number of carbonyl (C=O) groups excluding carboxylic acids is 2. The molecule has 1 aromatic heterocycles. The minimum atomic E-state index is -0.267. The SMILES string of the molecule is C[NH+]1CCN(C(=O)/C(=C\c2cccs2)NC(=O)c2ccccc2)CC1. The van der Waals surface area contributed by atoms with E-state index < -0.39 is 0 Å². The Labute approximate surface area is 151 Å². The molecule has 2 heterocycles. The van der Waals surface area contributed by atoms with Gasteiger partial charge < -0.3 is 15.1 Å². The van der Waals surface area contributed by atoms with Crippen molar-refractivity contribution in [2.75, 3.05) is 33.2 Å². The first-order chi connectivity index (χ1) is 12.1. The Morgan fingerprint density at radius 3 is 2.48 bits per heavy atom. The van der Waals surface area contributed by atoms with Gasteiger partial charge in [0.2, 0.25) is 0 Å². The molecule has 1 aromatic carbocycles. The van der Waals surface area contributed by atoms with Gasteiger partial charge in [0.25, 0.3) is 11.8 Å². The highest BCUT2D eigenvalue weighted by Gasteiger charge is 2.25. The third-order valence-corrected chi connectivity index (χ3v) is 5.07. The van der Waals surface area contributed by atoms with E-state index in [0.29, 0.717) is 24.4 Å². The Morgan fingerprint density at radius 1 is 1.12 bits per heavy atom. The van der Waals surface area contributed by atoms with Crippen molar-refractivity contribution >= 4 is 29.2 Å². The second kappa shape index (κ2) is 8.09. The molecule has 6 heteroatoms.